The highest BCUT2D eigenvalue weighted by Gasteiger charge is 2.19. The molecule has 0 aromatic carbocycles. The molecule has 0 saturated carbocycles. The molecule has 4 N–H and O–H groups in total. The molecule has 0 fully saturated rings. The summed E-state index contributed by atoms with van der Waals surface area (Å²) >= 11 is 1.10. The van der Waals surface area contributed by atoms with Crippen molar-refractivity contribution < 1.29 is 13.9 Å². The van der Waals surface area contributed by atoms with E-state index in [1.165, 1.54) is 13.2 Å². The highest BCUT2D eigenvalue weighted by Crippen LogP contribution is 2.24. The van der Waals surface area contributed by atoms with Crippen LogP contribution in [-0.2, 0) is 0 Å². The van der Waals surface area contributed by atoms with Crippen LogP contribution in [0.3, 0.4) is 0 Å². The number of carbonyl (C=O) groups is 1. The molecule has 0 aliphatic rings. The fourth-order valence-electron chi connectivity index (χ4n) is 2.02. The Morgan fingerprint density at radius 3 is 2.59 bits per heavy atom. The van der Waals surface area contributed by atoms with Crippen LogP contribution in [0.15, 0.2) is 27.1 Å². The maximum Gasteiger partial charge on any atom is 0.381 e. The van der Waals surface area contributed by atoms with Crippen molar-refractivity contribution in [1.82, 2.24) is 10.2 Å². The second-order valence-electron chi connectivity index (χ2n) is 5.65. The van der Waals surface area contributed by atoms with Crippen LogP contribution in [0.25, 0.3) is 0 Å². The molecule has 0 spiro atoms. The van der Waals surface area contributed by atoms with Crippen LogP contribution in [0, 0.1) is 5.41 Å². The number of aromatic nitrogens is 2. The first-order valence-electron chi connectivity index (χ1n) is 7.92. The zero-order valence-corrected chi connectivity index (χ0v) is 16.1. The molecule has 0 saturated heterocycles. The molecule has 27 heavy (non-hydrogen) atoms. The van der Waals surface area contributed by atoms with Gasteiger partial charge in [0.1, 0.15) is 0 Å². The monoisotopic (exact) mass is 392 g/mol. The molecule has 0 atom stereocenters. The van der Waals surface area contributed by atoms with E-state index >= 15 is 0 Å². The Morgan fingerprint density at radius 1 is 1.33 bits per heavy atom. The number of methoxy groups -OCH3 is 1. The summed E-state index contributed by atoms with van der Waals surface area (Å²) in [4.78, 5) is 24.4. The van der Waals surface area contributed by atoms with Crippen LogP contribution in [-0.4, -0.2) is 35.5 Å². The van der Waals surface area contributed by atoms with Gasteiger partial charge in [-0.25, -0.2) is 4.79 Å². The predicted octanol–water partition coefficient (Wildman–Crippen LogP) is 2.54. The number of nitrogens with zero attached hydrogens (tertiary/aromatic N) is 2. The largest absolute Gasteiger partial charge is 0.488 e. The molecule has 2 rings (SSSR count). The lowest BCUT2D eigenvalue weighted by molar-refractivity contribution is 0.0991. The van der Waals surface area contributed by atoms with Gasteiger partial charge in [0, 0.05) is 24.0 Å². The number of ether oxygens (including phenoxy) is 1. The first kappa shape index (κ1) is 20.1. The number of nitrogens with one attached hydrogen (secondary N) is 4. The van der Waals surface area contributed by atoms with Gasteiger partial charge in [0.15, 0.2) is 5.76 Å². The predicted molar refractivity (Wildman–Crippen MR) is 104 cm³/mol. The maximum absolute atomic E-state index is 12.4. The van der Waals surface area contributed by atoms with E-state index in [-0.39, 0.29) is 22.7 Å². The Balaban J connectivity index is 2.20. The Hall–Kier alpha value is -3.21. The summed E-state index contributed by atoms with van der Waals surface area (Å²) in [6.45, 7) is 5.54. The summed E-state index contributed by atoms with van der Waals surface area (Å²) in [6.07, 6.45) is 2.69. The second kappa shape index (κ2) is 8.94. The van der Waals surface area contributed by atoms with Crippen LogP contribution in [0.4, 0.5) is 16.0 Å². The lowest BCUT2D eigenvalue weighted by atomic mass is 10.2. The fourth-order valence-corrected chi connectivity index (χ4v) is 2.73. The van der Waals surface area contributed by atoms with Gasteiger partial charge in [0.05, 0.1) is 12.8 Å². The SMILES string of the molecule is COc1c(NC(C)C)cc(C(=O)Nc2nnc(N/C(C)=C\C=N)s2)oc1=O. The molecule has 10 nitrogen and oxygen atoms in total. The van der Waals surface area contributed by atoms with Gasteiger partial charge in [-0.3, -0.25) is 10.1 Å². The van der Waals surface area contributed by atoms with Crippen molar-refractivity contribution >= 4 is 39.4 Å². The molecule has 144 valence electrons. The smallest absolute Gasteiger partial charge is 0.381 e. The molecular weight excluding hydrogens is 372 g/mol. The van der Waals surface area contributed by atoms with Gasteiger partial charge in [0.25, 0.3) is 5.91 Å². The molecule has 11 heteroatoms. The number of carbonyl (C=O) groups excluding carboxylic acids is 1. The fraction of sp³-hybridized carbons (Fsp3) is 0.312. The number of amides is 1. The summed E-state index contributed by atoms with van der Waals surface area (Å²) in [5.74, 6) is -0.833. The summed E-state index contributed by atoms with van der Waals surface area (Å²) in [5.41, 5.74) is 0.297. The van der Waals surface area contributed by atoms with E-state index in [2.05, 4.69) is 26.1 Å². The first-order valence-corrected chi connectivity index (χ1v) is 8.73. The standard InChI is InChI=1S/C16H20N6O4S/c1-8(2)18-10-7-11(26-14(24)12(10)25-4)13(23)20-16-22-21-15(27-16)19-9(3)5-6-17/h5-8,17-18H,1-4H3,(H,19,21)(H,20,22,23)/b9-5-,17-6?. The molecule has 2 aromatic heterocycles. The maximum atomic E-state index is 12.4. The van der Waals surface area contributed by atoms with Crippen LogP contribution in [0.2, 0.25) is 0 Å². The summed E-state index contributed by atoms with van der Waals surface area (Å²) in [7, 11) is 1.35. The van der Waals surface area contributed by atoms with E-state index in [4.69, 9.17) is 14.6 Å². The first-order chi connectivity index (χ1) is 12.8. The third-order valence-electron chi connectivity index (χ3n) is 3.06. The molecule has 1 amide bonds. The van der Waals surface area contributed by atoms with E-state index < -0.39 is 11.5 Å². The zero-order valence-electron chi connectivity index (χ0n) is 15.2. The van der Waals surface area contributed by atoms with E-state index in [9.17, 15) is 9.59 Å². The summed E-state index contributed by atoms with van der Waals surface area (Å²) < 4.78 is 10.1. The van der Waals surface area contributed by atoms with Crippen molar-refractivity contribution in [1.29, 1.82) is 5.41 Å². The van der Waals surface area contributed by atoms with Crippen molar-refractivity contribution in [2.45, 2.75) is 26.8 Å². The average molecular weight is 392 g/mol. The average Bonchev–Trinajstić information content (AvgIpc) is 3.01. The molecule has 2 heterocycles. The third kappa shape index (κ3) is 5.38. The quantitative estimate of drug-likeness (QED) is 0.502. The van der Waals surface area contributed by atoms with Gasteiger partial charge < -0.3 is 25.2 Å². The minimum absolute atomic E-state index is 0.00360. The Labute approximate surface area is 159 Å². The number of allylic oxidation sites excluding steroid dienone is 2. The normalized spacial score (nSPS) is 11.2. The molecule has 2 aromatic rings. The molecular formula is C16H20N6O4S. The Morgan fingerprint density at radius 2 is 2.00 bits per heavy atom. The summed E-state index contributed by atoms with van der Waals surface area (Å²) in [6, 6.07) is 1.41. The lowest BCUT2D eigenvalue weighted by Gasteiger charge is -2.13. The van der Waals surface area contributed by atoms with Crippen LogP contribution < -0.4 is 26.3 Å². The van der Waals surface area contributed by atoms with Crippen LogP contribution >= 0.6 is 11.3 Å². The van der Waals surface area contributed by atoms with E-state index in [0.717, 1.165) is 17.6 Å². The van der Waals surface area contributed by atoms with Crippen molar-refractivity contribution in [2.24, 2.45) is 0 Å². The highest BCUT2D eigenvalue weighted by atomic mass is 32.1. The van der Waals surface area contributed by atoms with Crippen molar-refractivity contribution in [3.8, 4) is 5.75 Å². The van der Waals surface area contributed by atoms with Crippen molar-refractivity contribution in [3.05, 3.63) is 34.0 Å². The number of rotatable bonds is 8. The van der Waals surface area contributed by atoms with Crippen molar-refractivity contribution in [2.75, 3.05) is 23.1 Å². The Bertz CT molecular complexity index is 918. The molecule has 0 radical (unpaired) electrons. The van der Waals surface area contributed by atoms with Gasteiger partial charge in [-0.1, -0.05) is 11.3 Å². The van der Waals surface area contributed by atoms with E-state index in [1.54, 1.807) is 13.0 Å². The lowest BCUT2D eigenvalue weighted by Crippen LogP contribution is -2.19. The van der Waals surface area contributed by atoms with Gasteiger partial charge in [-0.2, -0.15) is 0 Å². The van der Waals surface area contributed by atoms with Crippen LogP contribution in [0.5, 0.6) is 5.75 Å². The number of anilines is 3. The summed E-state index contributed by atoms with van der Waals surface area (Å²) in [5, 5.41) is 23.9. The molecule has 0 bridgehead atoms. The Kier molecular flexibility index (Phi) is 6.66. The van der Waals surface area contributed by atoms with Crippen LogP contribution in [0.1, 0.15) is 31.3 Å². The van der Waals surface area contributed by atoms with Crippen molar-refractivity contribution in [3.63, 3.8) is 0 Å². The second-order valence-corrected chi connectivity index (χ2v) is 6.63. The van der Waals surface area contributed by atoms with Gasteiger partial charge in [0.2, 0.25) is 16.0 Å². The van der Waals surface area contributed by atoms with E-state index in [1.807, 2.05) is 13.8 Å². The topological polar surface area (TPSA) is 142 Å². The zero-order chi connectivity index (χ0) is 20.0. The van der Waals surface area contributed by atoms with Gasteiger partial charge in [-0.15, -0.1) is 10.2 Å². The van der Waals surface area contributed by atoms with E-state index in [0.29, 0.717) is 16.5 Å². The number of hydrogen-bond donors (Lipinski definition) is 4. The van der Waals surface area contributed by atoms with Gasteiger partial charge >= 0.3 is 5.63 Å². The minimum Gasteiger partial charge on any atom is -0.488 e. The molecule has 0 aliphatic heterocycles. The molecule has 0 aliphatic carbocycles. The molecule has 0 unspecified atom stereocenters. The van der Waals surface area contributed by atoms with Gasteiger partial charge in [-0.05, 0) is 26.8 Å². The number of hydrogen-bond acceptors (Lipinski definition) is 10. The third-order valence-corrected chi connectivity index (χ3v) is 3.82. The highest BCUT2D eigenvalue weighted by molar-refractivity contribution is 7.19. The minimum atomic E-state index is -0.764.